The van der Waals surface area contributed by atoms with Crippen LogP contribution < -0.4 is 0 Å². The van der Waals surface area contributed by atoms with Crippen molar-refractivity contribution < 1.29 is 9.59 Å². The van der Waals surface area contributed by atoms with Gasteiger partial charge in [-0.25, -0.2) is 20.4 Å². The Balaban J connectivity index is 0. The lowest BCUT2D eigenvalue weighted by molar-refractivity contribution is 0.562. The number of isocyanates is 2. The quantitative estimate of drug-likeness (QED) is 0.588. The molecule has 1 rings (SSSR count). The van der Waals surface area contributed by atoms with Crippen molar-refractivity contribution in [1.82, 2.24) is 0 Å². The van der Waals surface area contributed by atoms with Crippen molar-refractivity contribution in [3.8, 4) is 0 Å². The van der Waals surface area contributed by atoms with E-state index < -0.39 is 0 Å². The highest BCUT2D eigenvalue weighted by atomic mass is 16.1. The lowest BCUT2D eigenvalue weighted by Gasteiger charge is -1.92. The Hall–Kier alpha value is -2.54. The minimum absolute atomic E-state index is 0.750. The maximum absolute atomic E-state index is 8.35. The molecule has 16 heavy (non-hydrogen) atoms. The van der Waals surface area contributed by atoms with Gasteiger partial charge in [0, 0.05) is 0 Å². The Kier molecular flexibility index (Phi) is 12.4. The Morgan fingerprint density at radius 1 is 0.875 bits per heavy atom. The third-order valence-corrected chi connectivity index (χ3v) is 1.41. The van der Waals surface area contributed by atoms with Gasteiger partial charge in [0.25, 0.3) is 0 Å². The molecule has 0 unspecified atom stereocenters. The van der Waals surface area contributed by atoms with E-state index in [-0.39, 0.29) is 0 Å². The first-order valence-corrected chi connectivity index (χ1v) is 4.12. The van der Waals surface area contributed by atoms with Gasteiger partial charge in [-0.05, 0) is 11.1 Å². The number of rotatable bonds is 2. The Morgan fingerprint density at radius 2 is 1.06 bits per heavy atom. The van der Waals surface area contributed by atoms with Gasteiger partial charge in [-0.15, -0.1) is 0 Å². The smallest absolute Gasteiger partial charge is 0.222 e. The molecule has 0 amide bonds. The van der Waals surface area contributed by atoms with Crippen molar-refractivity contribution in [3.05, 3.63) is 48.6 Å². The van der Waals surface area contributed by atoms with Crippen molar-refractivity contribution >= 4 is 24.3 Å². The molecule has 0 bridgehead atoms. The molecular weight excluding hydrogens is 204 g/mol. The second kappa shape index (κ2) is 12.5. The zero-order valence-corrected chi connectivity index (χ0v) is 8.69. The molecule has 0 radical (unpaired) electrons. The van der Waals surface area contributed by atoms with Gasteiger partial charge in [0.05, 0.1) is 0 Å². The molecule has 0 spiro atoms. The van der Waals surface area contributed by atoms with Crippen LogP contribution >= 0.6 is 0 Å². The van der Waals surface area contributed by atoms with Crippen LogP contribution in [0.5, 0.6) is 0 Å². The molecule has 4 nitrogen and oxygen atoms in total. The molecule has 1 aromatic carbocycles. The second-order valence-corrected chi connectivity index (χ2v) is 2.28. The third kappa shape index (κ3) is 9.55. The van der Waals surface area contributed by atoms with Gasteiger partial charge in [0.1, 0.15) is 0 Å². The average molecular weight is 216 g/mol. The van der Waals surface area contributed by atoms with E-state index >= 15 is 0 Å². The summed E-state index contributed by atoms with van der Waals surface area (Å²) in [5.41, 5.74) is 2.29. The fourth-order valence-electron chi connectivity index (χ4n) is 0.768. The molecule has 0 aliphatic heterocycles. The summed E-state index contributed by atoms with van der Waals surface area (Å²) in [4.78, 5) is 16.7. The number of hydrogen-bond donors (Lipinski definition) is 2. The second-order valence-electron chi connectivity index (χ2n) is 2.28. The normalized spacial score (nSPS) is 6.50. The van der Waals surface area contributed by atoms with Crippen LogP contribution in [0.15, 0.2) is 37.4 Å². The Bertz CT molecular complexity index is 343. The zero-order valence-electron chi connectivity index (χ0n) is 8.69. The van der Waals surface area contributed by atoms with Crippen molar-refractivity contribution in [2.75, 3.05) is 0 Å². The zero-order chi connectivity index (χ0) is 12.8. The molecule has 0 fully saturated rings. The standard InChI is InChI=1S/C10H10.2CHNO/c1-3-9-5-7-10(4-2)8-6-9;2*2-1-3/h3-8H,1-2H2;2*2H. The van der Waals surface area contributed by atoms with Crippen LogP contribution in [0.1, 0.15) is 11.1 Å². The van der Waals surface area contributed by atoms with E-state index in [1.807, 2.05) is 36.4 Å². The molecule has 0 aliphatic carbocycles. The van der Waals surface area contributed by atoms with Crippen LogP contribution in [-0.2, 0) is 9.59 Å². The number of hydrogen-bond acceptors (Lipinski definition) is 4. The van der Waals surface area contributed by atoms with Crippen LogP contribution in [0.25, 0.3) is 12.2 Å². The summed E-state index contributed by atoms with van der Waals surface area (Å²) >= 11 is 0. The molecule has 0 aromatic heterocycles. The molecule has 1 aromatic rings. The van der Waals surface area contributed by atoms with Crippen LogP contribution in [0, 0.1) is 10.8 Å². The van der Waals surface area contributed by atoms with E-state index in [9.17, 15) is 0 Å². The molecule has 0 aliphatic rings. The van der Waals surface area contributed by atoms with Crippen LogP contribution in [-0.4, -0.2) is 12.2 Å². The Morgan fingerprint density at radius 3 is 1.19 bits per heavy atom. The summed E-state index contributed by atoms with van der Waals surface area (Å²) in [5, 5.41) is 10.8. The van der Waals surface area contributed by atoms with Crippen molar-refractivity contribution in [1.29, 1.82) is 10.8 Å². The summed E-state index contributed by atoms with van der Waals surface area (Å²) in [7, 11) is 0. The largest absolute Gasteiger partial charge is 0.231 e. The molecule has 82 valence electrons. The highest BCUT2D eigenvalue weighted by Gasteiger charge is 1.84. The maximum atomic E-state index is 8.35. The third-order valence-electron chi connectivity index (χ3n) is 1.41. The first kappa shape index (κ1) is 15.9. The van der Waals surface area contributed by atoms with Gasteiger partial charge in [-0.1, -0.05) is 49.6 Å². The van der Waals surface area contributed by atoms with E-state index in [0.717, 1.165) is 23.3 Å². The number of carbonyl (C=O) groups excluding carboxylic acids is 2. The predicted octanol–water partition coefficient (Wildman–Crippen LogP) is 2.77. The average Bonchev–Trinajstić information content (AvgIpc) is 2.31. The fraction of sp³-hybridized carbons (Fsp3) is 0. The highest BCUT2D eigenvalue weighted by molar-refractivity contribution is 5.53. The van der Waals surface area contributed by atoms with Gasteiger partial charge >= 0.3 is 0 Å². The maximum Gasteiger partial charge on any atom is 0.231 e. The lowest BCUT2D eigenvalue weighted by atomic mass is 10.1. The predicted molar refractivity (Wildman–Crippen MR) is 63.5 cm³/mol. The molecule has 0 saturated heterocycles. The molecular formula is C12H12N2O2. The van der Waals surface area contributed by atoms with E-state index in [4.69, 9.17) is 20.4 Å². The number of benzene rings is 1. The van der Waals surface area contributed by atoms with Crippen LogP contribution in [0.4, 0.5) is 0 Å². The highest BCUT2D eigenvalue weighted by Crippen LogP contribution is 2.05. The van der Waals surface area contributed by atoms with Gasteiger partial charge in [-0.2, -0.15) is 0 Å². The molecule has 0 atom stereocenters. The molecule has 4 heteroatoms. The summed E-state index contributed by atoms with van der Waals surface area (Å²) in [6, 6.07) is 8.07. The number of nitrogens with one attached hydrogen (secondary N) is 2. The minimum Gasteiger partial charge on any atom is -0.222 e. The first-order chi connectivity index (χ1) is 7.69. The van der Waals surface area contributed by atoms with E-state index in [1.165, 1.54) is 0 Å². The van der Waals surface area contributed by atoms with E-state index in [1.54, 1.807) is 0 Å². The monoisotopic (exact) mass is 216 g/mol. The molecule has 0 saturated carbocycles. The van der Waals surface area contributed by atoms with Crippen molar-refractivity contribution in [2.24, 2.45) is 0 Å². The Labute approximate surface area is 93.9 Å². The van der Waals surface area contributed by atoms with Gasteiger partial charge < -0.3 is 0 Å². The topological polar surface area (TPSA) is 81.8 Å². The van der Waals surface area contributed by atoms with Gasteiger partial charge in [0.15, 0.2) is 0 Å². The summed E-state index contributed by atoms with van der Waals surface area (Å²) in [6.07, 6.45) is 5.15. The minimum atomic E-state index is 0.750. The van der Waals surface area contributed by atoms with E-state index in [0.29, 0.717) is 0 Å². The molecule has 0 heterocycles. The summed E-state index contributed by atoms with van der Waals surface area (Å²) in [5.74, 6) is 0. The van der Waals surface area contributed by atoms with Crippen molar-refractivity contribution in [2.45, 2.75) is 0 Å². The van der Waals surface area contributed by atoms with Crippen LogP contribution in [0.3, 0.4) is 0 Å². The van der Waals surface area contributed by atoms with Crippen LogP contribution in [0.2, 0.25) is 0 Å². The fourth-order valence-corrected chi connectivity index (χ4v) is 0.768. The SMILES string of the molecule is C=Cc1ccc(C=C)cc1.N=C=O.N=C=O. The summed E-state index contributed by atoms with van der Waals surface area (Å²) in [6.45, 7) is 7.32. The van der Waals surface area contributed by atoms with Gasteiger partial charge in [-0.3, -0.25) is 0 Å². The molecule has 2 N–H and O–H groups in total. The van der Waals surface area contributed by atoms with E-state index in [2.05, 4.69) is 13.2 Å². The first-order valence-electron chi connectivity index (χ1n) is 4.12. The summed E-state index contributed by atoms with van der Waals surface area (Å²) < 4.78 is 0. The van der Waals surface area contributed by atoms with Crippen molar-refractivity contribution in [3.63, 3.8) is 0 Å². The lowest BCUT2D eigenvalue weighted by Crippen LogP contribution is -1.71. The van der Waals surface area contributed by atoms with Gasteiger partial charge in [0.2, 0.25) is 12.2 Å².